The van der Waals surface area contributed by atoms with Crippen molar-refractivity contribution in [2.24, 2.45) is 0 Å². The number of rotatable bonds is 4. The van der Waals surface area contributed by atoms with Crippen LogP contribution in [0.15, 0.2) is 18.2 Å². The van der Waals surface area contributed by atoms with Crippen LogP contribution < -0.4 is 14.8 Å². The lowest BCUT2D eigenvalue weighted by Crippen LogP contribution is -2.39. The van der Waals surface area contributed by atoms with Gasteiger partial charge in [-0.2, -0.15) is 5.10 Å². The lowest BCUT2D eigenvalue weighted by molar-refractivity contribution is 0.158. The number of fused-ring (bicyclic) bond motifs is 2. The smallest absolute Gasteiger partial charge is 0.161 e. The van der Waals surface area contributed by atoms with Gasteiger partial charge in [0.2, 0.25) is 0 Å². The predicted molar refractivity (Wildman–Crippen MR) is 87.3 cm³/mol. The van der Waals surface area contributed by atoms with Crippen LogP contribution in [0.4, 0.5) is 0 Å². The molecule has 0 spiro atoms. The van der Waals surface area contributed by atoms with Gasteiger partial charge in [0.25, 0.3) is 0 Å². The Morgan fingerprint density at radius 3 is 3.04 bits per heavy atom. The second-order valence-corrected chi connectivity index (χ2v) is 6.32. The van der Waals surface area contributed by atoms with E-state index in [0.29, 0.717) is 31.5 Å². The minimum absolute atomic E-state index is 0.297. The number of nitrogens with one attached hydrogen (secondary N) is 1. The highest BCUT2D eigenvalue weighted by molar-refractivity contribution is 5.44. The van der Waals surface area contributed by atoms with Crippen molar-refractivity contribution >= 4 is 0 Å². The summed E-state index contributed by atoms with van der Waals surface area (Å²) in [7, 11) is 0. The maximum atomic E-state index is 10.5. The molecule has 2 aromatic rings. The van der Waals surface area contributed by atoms with Crippen molar-refractivity contribution in [3.05, 3.63) is 35.4 Å². The molecule has 0 radical (unpaired) electrons. The van der Waals surface area contributed by atoms with Gasteiger partial charge >= 0.3 is 0 Å². The number of ether oxygens (including phenoxy) is 2. The summed E-state index contributed by atoms with van der Waals surface area (Å²) >= 11 is 0. The molecule has 3 heterocycles. The molecule has 24 heavy (non-hydrogen) atoms. The van der Waals surface area contributed by atoms with E-state index in [1.807, 2.05) is 29.8 Å². The standard InChI is InChI=1S/C17H22N4O3/c1-11-19-17-5-3-13(10-21(17)20-11)18-9-14(22)12-2-4-15-16(8-12)24-7-6-23-15/h2,4,8,13-14,18,22H,3,5-7,9-10H2,1H3/t13-,14-/m1/s1. The van der Waals surface area contributed by atoms with Gasteiger partial charge < -0.3 is 19.9 Å². The molecule has 0 fully saturated rings. The number of aliphatic hydroxyl groups is 1. The van der Waals surface area contributed by atoms with Crippen LogP contribution in [0.25, 0.3) is 0 Å². The van der Waals surface area contributed by atoms with Crippen molar-refractivity contribution in [3.63, 3.8) is 0 Å². The van der Waals surface area contributed by atoms with Crippen molar-refractivity contribution in [2.75, 3.05) is 19.8 Å². The normalized spacial score (nSPS) is 20.5. The van der Waals surface area contributed by atoms with E-state index in [0.717, 1.165) is 42.3 Å². The second kappa shape index (κ2) is 6.41. The van der Waals surface area contributed by atoms with Crippen molar-refractivity contribution in [3.8, 4) is 11.5 Å². The highest BCUT2D eigenvalue weighted by Crippen LogP contribution is 2.32. The molecular weight excluding hydrogens is 308 g/mol. The van der Waals surface area contributed by atoms with E-state index in [1.165, 1.54) is 0 Å². The van der Waals surface area contributed by atoms with Gasteiger partial charge in [0.1, 0.15) is 24.9 Å². The third-order valence-electron chi connectivity index (χ3n) is 4.51. The average molecular weight is 330 g/mol. The van der Waals surface area contributed by atoms with Gasteiger partial charge in [0, 0.05) is 19.0 Å². The van der Waals surface area contributed by atoms with Gasteiger partial charge in [-0.3, -0.25) is 0 Å². The van der Waals surface area contributed by atoms with Crippen LogP contribution in [0.1, 0.15) is 29.7 Å². The third kappa shape index (κ3) is 3.09. The zero-order valence-electron chi connectivity index (χ0n) is 13.7. The Kier molecular flexibility index (Phi) is 4.12. The molecule has 128 valence electrons. The molecule has 0 unspecified atom stereocenters. The number of benzene rings is 1. The molecule has 1 aromatic heterocycles. The maximum Gasteiger partial charge on any atom is 0.161 e. The van der Waals surface area contributed by atoms with E-state index >= 15 is 0 Å². The Morgan fingerprint density at radius 1 is 1.33 bits per heavy atom. The van der Waals surface area contributed by atoms with Crippen LogP contribution in [-0.2, 0) is 13.0 Å². The topological polar surface area (TPSA) is 81.4 Å². The minimum atomic E-state index is -0.584. The first-order chi connectivity index (χ1) is 11.7. The summed E-state index contributed by atoms with van der Waals surface area (Å²) < 4.78 is 13.1. The van der Waals surface area contributed by atoms with Gasteiger partial charge in [-0.05, 0) is 31.0 Å². The van der Waals surface area contributed by atoms with E-state index in [1.54, 1.807) is 0 Å². The van der Waals surface area contributed by atoms with E-state index in [9.17, 15) is 5.11 Å². The maximum absolute atomic E-state index is 10.5. The van der Waals surface area contributed by atoms with Crippen LogP contribution in [0.5, 0.6) is 11.5 Å². The van der Waals surface area contributed by atoms with Crippen molar-refractivity contribution in [1.29, 1.82) is 0 Å². The molecule has 2 aliphatic rings. The zero-order chi connectivity index (χ0) is 16.5. The van der Waals surface area contributed by atoms with Crippen molar-refractivity contribution in [2.45, 2.75) is 38.5 Å². The highest BCUT2D eigenvalue weighted by atomic mass is 16.6. The second-order valence-electron chi connectivity index (χ2n) is 6.32. The Bertz CT molecular complexity index is 731. The van der Waals surface area contributed by atoms with Crippen LogP contribution in [0, 0.1) is 6.92 Å². The fraction of sp³-hybridized carbons (Fsp3) is 0.529. The minimum Gasteiger partial charge on any atom is -0.486 e. The molecule has 7 heteroatoms. The molecular formula is C17H22N4O3. The Morgan fingerprint density at radius 2 is 2.17 bits per heavy atom. The summed E-state index contributed by atoms with van der Waals surface area (Å²) in [5.74, 6) is 3.32. The van der Waals surface area contributed by atoms with Crippen molar-refractivity contribution < 1.29 is 14.6 Å². The first-order valence-corrected chi connectivity index (χ1v) is 8.40. The lowest BCUT2D eigenvalue weighted by atomic mass is 10.1. The highest BCUT2D eigenvalue weighted by Gasteiger charge is 2.22. The summed E-state index contributed by atoms with van der Waals surface area (Å²) in [5.41, 5.74) is 0.833. The zero-order valence-corrected chi connectivity index (χ0v) is 13.7. The van der Waals surface area contributed by atoms with E-state index in [2.05, 4.69) is 15.4 Å². The number of nitrogens with zero attached hydrogens (tertiary/aromatic N) is 3. The van der Waals surface area contributed by atoms with Gasteiger partial charge in [0.05, 0.1) is 12.6 Å². The predicted octanol–water partition coefficient (Wildman–Crippen LogP) is 0.996. The van der Waals surface area contributed by atoms with E-state index in [-0.39, 0.29) is 0 Å². The molecule has 0 aliphatic carbocycles. The number of hydrogen-bond donors (Lipinski definition) is 2. The number of hydrogen-bond acceptors (Lipinski definition) is 6. The number of aliphatic hydroxyl groups excluding tert-OH is 1. The molecule has 2 atom stereocenters. The SMILES string of the molecule is Cc1nc2n(n1)C[C@H](NC[C@@H](O)c1ccc3c(c1)OCCO3)CC2. The molecule has 7 nitrogen and oxygen atoms in total. The van der Waals surface area contributed by atoms with Gasteiger partial charge in [-0.25, -0.2) is 9.67 Å². The average Bonchev–Trinajstić information content (AvgIpc) is 2.98. The number of aromatic nitrogens is 3. The summed E-state index contributed by atoms with van der Waals surface area (Å²) in [5, 5.41) is 18.3. The van der Waals surface area contributed by atoms with Gasteiger partial charge in [-0.15, -0.1) is 0 Å². The molecule has 0 amide bonds. The Labute approximate surface area is 140 Å². The molecule has 4 rings (SSSR count). The van der Waals surface area contributed by atoms with E-state index < -0.39 is 6.10 Å². The molecule has 0 saturated carbocycles. The quantitative estimate of drug-likeness (QED) is 0.870. The van der Waals surface area contributed by atoms with Gasteiger partial charge in [-0.1, -0.05) is 6.07 Å². The largest absolute Gasteiger partial charge is 0.486 e. The fourth-order valence-corrected chi connectivity index (χ4v) is 3.26. The van der Waals surface area contributed by atoms with Crippen LogP contribution in [0.3, 0.4) is 0 Å². The lowest BCUT2D eigenvalue weighted by Gasteiger charge is -2.25. The molecule has 0 saturated heterocycles. The first-order valence-electron chi connectivity index (χ1n) is 8.40. The van der Waals surface area contributed by atoms with Crippen molar-refractivity contribution in [1.82, 2.24) is 20.1 Å². The Balaban J connectivity index is 1.36. The third-order valence-corrected chi connectivity index (χ3v) is 4.51. The van der Waals surface area contributed by atoms with Gasteiger partial charge in [0.15, 0.2) is 11.5 Å². The van der Waals surface area contributed by atoms with Crippen LogP contribution >= 0.6 is 0 Å². The molecule has 2 N–H and O–H groups in total. The van der Waals surface area contributed by atoms with Crippen LogP contribution in [0.2, 0.25) is 0 Å². The first kappa shape index (κ1) is 15.4. The summed E-state index contributed by atoms with van der Waals surface area (Å²) in [6, 6.07) is 5.91. The molecule has 2 aliphatic heterocycles. The fourth-order valence-electron chi connectivity index (χ4n) is 3.26. The molecule has 1 aromatic carbocycles. The summed E-state index contributed by atoms with van der Waals surface area (Å²) in [6.45, 7) is 4.32. The van der Waals surface area contributed by atoms with E-state index in [4.69, 9.17) is 9.47 Å². The number of aryl methyl sites for hydroxylation is 2. The van der Waals surface area contributed by atoms with Crippen LogP contribution in [-0.4, -0.2) is 45.7 Å². The Hall–Kier alpha value is -2.12. The molecule has 0 bridgehead atoms. The summed E-state index contributed by atoms with van der Waals surface area (Å²) in [4.78, 5) is 4.42. The summed E-state index contributed by atoms with van der Waals surface area (Å²) in [6.07, 6.45) is 1.34. The monoisotopic (exact) mass is 330 g/mol.